The number of hydrogen-bond donors (Lipinski definition) is 1. The first-order valence-electron chi connectivity index (χ1n) is 2.59. The zero-order valence-corrected chi connectivity index (χ0v) is 5.83. The summed E-state index contributed by atoms with van der Waals surface area (Å²) >= 11 is 0. The van der Waals surface area contributed by atoms with Gasteiger partial charge in [0.2, 0.25) is 0 Å². The molecule has 0 heterocycles. The van der Waals surface area contributed by atoms with Gasteiger partial charge in [0.1, 0.15) is 0 Å². The zero-order valence-electron chi connectivity index (χ0n) is 5.02. The molecule has 0 saturated heterocycles. The van der Waals surface area contributed by atoms with E-state index in [0.717, 1.165) is 6.61 Å². The number of hydrogen-bond acceptors (Lipinski definition) is 2. The van der Waals surface area contributed by atoms with Crippen LogP contribution in [0.1, 0.15) is 19.8 Å². The average molecular weight is 138 g/mol. The van der Waals surface area contributed by atoms with Gasteiger partial charge < -0.3 is 4.84 Å². The average Bonchev–Trinajstić information content (AvgIpc) is 2.22. The van der Waals surface area contributed by atoms with Crippen molar-refractivity contribution >= 4 is 12.4 Å². The number of halogens is 1. The molecule has 0 amide bonds. The minimum atomic E-state index is 0. The first-order chi connectivity index (χ1) is 3.27. The zero-order chi connectivity index (χ0) is 5.33. The highest BCUT2D eigenvalue weighted by atomic mass is 35.5. The molecule has 50 valence electrons. The first kappa shape index (κ1) is 8.21. The molecule has 0 radical (unpaired) electrons. The van der Waals surface area contributed by atoms with Crippen LogP contribution in [-0.4, -0.2) is 6.61 Å². The second-order valence-corrected chi connectivity index (χ2v) is 2.62. The Morgan fingerprint density at radius 2 is 2.12 bits per heavy atom. The molecule has 0 spiro atoms. The summed E-state index contributed by atoms with van der Waals surface area (Å²) in [5.41, 5.74) is 0.453. The fraction of sp³-hybridized carbons (Fsp3) is 1.00. The van der Waals surface area contributed by atoms with E-state index in [9.17, 15) is 0 Å². The summed E-state index contributed by atoms with van der Waals surface area (Å²) in [6.45, 7) is 2.91. The molecule has 0 atom stereocenters. The van der Waals surface area contributed by atoms with Crippen molar-refractivity contribution in [3.63, 3.8) is 0 Å². The lowest BCUT2D eigenvalue weighted by atomic mass is 10.2. The second kappa shape index (κ2) is 2.67. The van der Waals surface area contributed by atoms with Crippen LogP contribution in [-0.2, 0) is 4.84 Å². The monoisotopic (exact) mass is 137 g/mol. The highest BCUT2D eigenvalue weighted by molar-refractivity contribution is 5.85. The third-order valence-corrected chi connectivity index (χ3v) is 1.54. The Morgan fingerprint density at radius 1 is 1.62 bits per heavy atom. The SMILES string of the molecule is CC1(CON)CC1.Cl. The summed E-state index contributed by atoms with van der Waals surface area (Å²) in [5.74, 6) is 4.85. The summed E-state index contributed by atoms with van der Waals surface area (Å²) in [7, 11) is 0. The van der Waals surface area contributed by atoms with Crippen molar-refractivity contribution in [2.45, 2.75) is 19.8 Å². The Morgan fingerprint density at radius 3 is 2.25 bits per heavy atom. The van der Waals surface area contributed by atoms with Gasteiger partial charge in [-0.05, 0) is 18.3 Å². The minimum absolute atomic E-state index is 0. The summed E-state index contributed by atoms with van der Waals surface area (Å²) in [4.78, 5) is 4.47. The van der Waals surface area contributed by atoms with E-state index in [4.69, 9.17) is 5.90 Å². The molecule has 0 aromatic rings. The smallest absolute Gasteiger partial charge is 0.0732 e. The summed E-state index contributed by atoms with van der Waals surface area (Å²) < 4.78 is 0. The van der Waals surface area contributed by atoms with Crippen molar-refractivity contribution in [1.29, 1.82) is 0 Å². The molecule has 1 aliphatic rings. The molecule has 0 aromatic carbocycles. The Kier molecular flexibility index (Phi) is 2.74. The molecule has 3 heteroatoms. The van der Waals surface area contributed by atoms with E-state index < -0.39 is 0 Å². The van der Waals surface area contributed by atoms with Gasteiger partial charge in [-0.3, -0.25) is 0 Å². The largest absolute Gasteiger partial charge is 0.304 e. The van der Waals surface area contributed by atoms with Crippen molar-refractivity contribution in [3.8, 4) is 0 Å². The van der Waals surface area contributed by atoms with E-state index in [1.165, 1.54) is 12.8 Å². The van der Waals surface area contributed by atoms with Crippen LogP contribution in [0.25, 0.3) is 0 Å². The highest BCUT2D eigenvalue weighted by Crippen LogP contribution is 2.44. The van der Waals surface area contributed by atoms with E-state index in [2.05, 4.69) is 11.8 Å². The van der Waals surface area contributed by atoms with Crippen molar-refractivity contribution < 1.29 is 4.84 Å². The predicted molar refractivity (Wildman–Crippen MR) is 34.7 cm³/mol. The van der Waals surface area contributed by atoms with Gasteiger partial charge >= 0.3 is 0 Å². The van der Waals surface area contributed by atoms with Crippen LogP contribution in [0.3, 0.4) is 0 Å². The standard InChI is InChI=1S/C5H11NO.ClH/c1-5(2-3-5)4-7-6;/h2-4,6H2,1H3;1H. The maximum atomic E-state index is 4.85. The first-order valence-corrected chi connectivity index (χ1v) is 2.59. The topological polar surface area (TPSA) is 35.2 Å². The molecule has 0 aliphatic heterocycles. The van der Waals surface area contributed by atoms with Gasteiger partial charge in [0, 0.05) is 0 Å². The van der Waals surface area contributed by atoms with Gasteiger partial charge in [0.15, 0.2) is 0 Å². The van der Waals surface area contributed by atoms with Crippen LogP contribution in [0.15, 0.2) is 0 Å². The van der Waals surface area contributed by atoms with E-state index in [1.807, 2.05) is 0 Å². The molecule has 0 aromatic heterocycles. The molecule has 1 rings (SSSR count). The van der Waals surface area contributed by atoms with Crippen LogP contribution in [0.5, 0.6) is 0 Å². The predicted octanol–water partition coefficient (Wildman–Crippen LogP) is 1.10. The van der Waals surface area contributed by atoms with Crippen LogP contribution < -0.4 is 5.90 Å². The van der Waals surface area contributed by atoms with E-state index >= 15 is 0 Å². The maximum Gasteiger partial charge on any atom is 0.0732 e. The molecule has 1 aliphatic carbocycles. The molecular formula is C5H12ClNO. The Labute approximate surface area is 55.8 Å². The lowest BCUT2D eigenvalue weighted by Crippen LogP contribution is -2.09. The van der Waals surface area contributed by atoms with Crippen molar-refractivity contribution in [2.75, 3.05) is 6.61 Å². The van der Waals surface area contributed by atoms with Crippen LogP contribution in [0.2, 0.25) is 0 Å². The fourth-order valence-electron chi connectivity index (χ4n) is 0.559. The van der Waals surface area contributed by atoms with E-state index in [-0.39, 0.29) is 12.4 Å². The fourth-order valence-corrected chi connectivity index (χ4v) is 0.559. The summed E-state index contributed by atoms with van der Waals surface area (Å²) in [5, 5.41) is 0. The van der Waals surface area contributed by atoms with Gasteiger partial charge in [-0.25, -0.2) is 5.90 Å². The van der Waals surface area contributed by atoms with Crippen molar-refractivity contribution in [1.82, 2.24) is 0 Å². The molecular weight excluding hydrogens is 126 g/mol. The maximum absolute atomic E-state index is 4.85. The second-order valence-electron chi connectivity index (χ2n) is 2.62. The number of rotatable bonds is 2. The van der Waals surface area contributed by atoms with Gasteiger partial charge in [0.25, 0.3) is 0 Å². The van der Waals surface area contributed by atoms with Gasteiger partial charge in [-0.1, -0.05) is 6.92 Å². The van der Waals surface area contributed by atoms with Gasteiger partial charge in [0.05, 0.1) is 6.61 Å². The quantitative estimate of drug-likeness (QED) is 0.579. The van der Waals surface area contributed by atoms with Crippen molar-refractivity contribution in [3.05, 3.63) is 0 Å². The highest BCUT2D eigenvalue weighted by Gasteiger charge is 2.37. The lowest BCUT2D eigenvalue weighted by Gasteiger charge is -2.01. The van der Waals surface area contributed by atoms with Gasteiger partial charge in [-0.2, -0.15) is 0 Å². The molecule has 0 unspecified atom stereocenters. The van der Waals surface area contributed by atoms with Gasteiger partial charge in [-0.15, -0.1) is 12.4 Å². The molecule has 2 nitrogen and oxygen atoms in total. The molecule has 2 N–H and O–H groups in total. The van der Waals surface area contributed by atoms with Crippen LogP contribution in [0, 0.1) is 5.41 Å². The van der Waals surface area contributed by atoms with Crippen molar-refractivity contribution in [2.24, 2.45) is 11.3 Å². The normalized spacial score (nSPS) is 21.8. The van der Waals surface area contributed by atoms with E-state index in [0.29, 0.717) is 5.41 Å². The molecule has 1 saturated carbocycles. The Hall–Kier alpha value is 0.210. The van der Waals surface area contributed by atoms with Crippen LogP contribution in [0.4, 0.5) is 0 Å². The van der Waals surface area contributed by atoms with Crippen LogP contribution >= 0.6 is 12.4 Å². The Bertz CT molecular complexity index is 72.8. The summed E-state index contributed by atoms with van der Waals surface area (Å²) in [6.07, 6.45) is 2.56. The third kappa shape index (κ3) is 1.99. The Balaban J connectivity index is 0.000000490. The third-order valence-electron chi connectivity index (χ3n) is 1.54. The summed E-state index contributed by atoms with van der Waals surface area (Å²) in [6, 6.07) is 0. The lowest BCUT2D eigenvalue weighted by molar-refractivity contribution is 0.0984. The molecule has 0 bridgehead atoms. The van der Waals surface area contributed by atoms with E-state index in [1.54, 1.807) is 0 Å². The molecule has 8 heavy (non-hydrogen) atoms. The minimum Gasteiger partial charge on any atom is -0.304 e. The number of nitrogens with two attached hydrogens (primary N) is 1. The molecule has 1 fully saturated rings.